The molecule has 1 aromatic carbocycles. The number of anilines is 3. The smallest absolute Gasteiger partial charge is 0.324 e. The number of nitrogens with zero attached hydrogens (tertiary/aromatic N) is 2. The first-order valence-electron chi connectivity index (χ1n) is 8.79. The molecule has 3 N–H and O–H groups in total. The third kappa shape index (κ3) is 5.64. The van der Waals surface area contributed by atoms with Gasteiger partial charge in [0, 0.05) is 33.5 Å². The molecule has 0 aliphatic rings. The van der Waals surface area contributed by atoms with Gasteiger partial charge in [0.1, 0.15) is 11.5 Å². The fourth-order valence-corrected chi connectivity index (χ4v) is 2.54. The molecule has 0 unspecified atom stereocenters. The maximum absolute atomic E-state index is 12.2. The van der Waals surface area contributed by atoms with Crippen LogP contribution in [0, 0.1) is 0 Å². The molecule has 0 saturated carbocycles. The molecule has 0 aliphatic carbocycles. The number of amides is 3. The predicted octanol–water partition coefficient (Wildman–Crippen LogP) is 5.03. The summed E-state index contributed by atoms with van der Waals surface area (Å²) in [6.07, 6.45) is 1.56. The molecule has 0 aliphatic heterocycles. The van der Waals surface area contributed by atoms with Crippen molar-refractivity contribution in [3.05, 3.63) is 64.6 Å². The second kappa shape index (κ2) is 8.44. The van der Waals surface area contributed by atoms with Gasteiger partial charge in [0.2, 0.25) is 0 Å². The van der Waals surface area contributed by atoms with E-state index in [1.165, 1.54) is 0 Å². The van der Waals surface area contributed by atoms with E-state index in [-0.39, 0.29) is 11.3 Å². The summed E-state index contributed by atoms with van der Waals surface area (Å²) in [5, 5.41) is 11.9. The topological polar surface area (TPSA) is 109 Å². The molecule has 0 atom stereocenters. The molecule has 150 valence electrons. The number of rotatable bonds is 4. The van der Waals surface area contributed by atoms with Crippen LogP contribution in [0.25, 0.3) is 0 Å². The van der Waals surface area contributed by atoms with E-state index < -0.39 is 6.03 Å². The second-order valence-corrected chi connectivity index (χ2v) is 8.21. The van der Waals surface area contributed by atoms with Gasteiger partial charge in [-0.05, 0) is 52.3 Å². The van der Waals surface area contributed by atoms with Gasteiger partial charge in [-0.1, -0.05) is 25.9 Å². The highest BCUT2D eigenvalue weighted by molar-refractivity contribution is 9.10. The summed E-state index contributed by atoms with van der Waals surface area (Å²) in [7, 11) is 0. The lowest BCUT2D eigenvalue weighted by atomic mass is 9.93. The van der Waals surface area contributed by atoms with E-state index in [0.717, 1.165) is 4.47 Å². The average molecular weight is 458 g/mol. The third-order valence-electron chi connectivity index (χ3n) is 3.85. The number of benzene rings is 1. The van der Waals surface area contributed by atoms with Crippen LogP contribution in [0.3, 0.4) is 0 Å². The third-order valence-corrected chi connectivity index (χ3v) is 4.32. The van der Waals surface area contributed by atoms with Gasteiger partial charge in [-0.25, -0.2) is 9.78 Å². The summed E-state index contributed by atoms with van der Waals surface area (Å²) in [5.41, 5.74) is 1.24. The number of hydrogen-bond donors (Lipinski definition) is 3. The minimum atomic E-state index is -0.449. The Morgan fingerprint density at radius 3 is 2.17 bits per heavy atom. The summed E-state index contributed by atoms with van der Waals surface area (Å²) in [4.78, 5) is 28.4. The maximum atomic E-state index is 12.2. The number of carbonyl (C=O) groups excluding carboxylic acids is 2. The number of pyridine rings is 1. The van der Waals surface area contributed by atoms with Gasteiger partial charge >= 0.3 is 6.03 Å². The van der Waals surface area contributed by atoms with Gasteiger partial charge in [-0.15, -0.1) is 0 Å². The molecule has 3 rings (SSSR count). The highest BCUT2D eigenvalue weighted by Gasteiger charge is 2.20. The van der Waals surface area contributed by atoms with Crippen molar-refractivity contribution in [1.29, 1.82) is 0 Å². The van der Waals surface area contributed by atoms with Crippen LogP contribution in [0.4, 0.5) is 22.0 Å². The van der Waals surface area contributed by atoms with Crippen molar-refractivity contribution in [2.24, 2.45) is 0 Å². The SMILES string of the molecule is CC(C)(C)c1cc(NC(=O)Nc2ccc(NC(=O)c3ccc(Br)cn3)cc2)no1. The minimum absolute atomic E-state index is 0.199. The van der Waals surface area contributed by atoms with Crippen molar-refractivity contribution in [2.75, 3.05) is 16.0 Å². The molecule has 0 saturated heterocycles. The molecule has 9 heteroatoms. The fraction of sp³-hybridized carbons (Fsp3) is 0.200. The second-order valence-electron chi connectivity index (χ2n) is 7.30. The average Bonchev–Trinajstić information content (AvgIpc) is 3.12. The van der Waals surface area contributed by atoms with Crippen molar-refractivity contribution >= 4 is 45.1 Å². The molecule has 2 heterocycles. The zero-order valence-corrected chi connectivity index (χ0v) is 17.7. The van der Waals surface area contributed by atoms with E-state index in [4.69, 9.17) is 4.52 Å². The molecule has 0 spiro atoms. The van der Waals surface area contributed by atoms with Crippen LogP contribution in [0.2, 0.25) is 0 Å². The van der Waals surface area contributed by atoms with Crippen molar-refractivity contribution < 1.29 is 14.1 Å². The Kier molecular flexibility index (Phi) is 5.97. The van der Waals surface area contributed by atoms with Gasteiger partial charge in [0.05, 0.1) is 0 Å². The van der Waals surface area contributed by atoms with Crippen molar-refractivity contribution in [1.82, 2.24) is 10.1 Å². The van der Waals surface area contributed by atoms with E-state index in [0.29, 0.717) is 28.6 Å². The Bertz CT molecular complexity index is 1010. The number of urea groups is 1. The van der Waals surface area contributed by atoms with Crippen LogP contribution >= 0.6 is 15.9 Å². The van der Waals surface area contributed by atoms with Gasteiger partial charge in [0.25, 0.3) is 5.91 Å². The number of carbonyl (C=O) groups is 2. The van der Waals surface area contributed by atoms with Crippen molar-refractivity contribution in [3.8, 4) is 0 Å². The first-order valence-corrected chi connectivity index (χ1v) is 9.58. The van der Waals surface area contributed by atoms with Crippen molar-refractivity contribution in [2.45, 2.75) is 26.2 Å². The monoisotopic (exact) mass is 457 g/mol. The lowest BCUT2D eigenvalue weighted by Crippen LogP contribution is -2.19. The molecule has 0 bridgehead atoms. The summed E-state index contributed by atoms with van der Waals surface area (Å²) in [6.45, 7) is 5.97. The molecular weight excluding hydrogens is 438 g/mol. The molecule has 0 radical (unpaired) electrons. The zero-order valence-electron chi connectivity index (χ0n) is 16.1. The summed E-state index contributed by atoms with van der Waals surface area (Å²) >= 11 is 3.28. The fourth-order valence-electron chi connectivity index (χ4n) is 2.31. The first kappa shape index (κ1) is 20.5. The highest BCUT2D eigenvalue weighted by atomic mass is 79.9. The Labute approximate surface area is 176 Å². The predicted molar refractivity (Wildman–Crippen MR) is 114 cm³/mol. The normalized spacial score (nSPS) is 11.0. The molecular formula is C20H20BrN5O3. The van der Waals surface area contributed by atoms with E-state index in [1.54, 1.807) is 48.7 Å². The van der Waals surface area contributed by atoms with Crippen LogP contribution in [-0.4, -0.2) is 22.1 Å². The molecule has 3 amide bonds. The number of hydrogen-bond acceptors (Lipinski definition) is 5. The molecule has 3 aromatic rings. The maximum Gasteiger partial charge on any atom is 0.324 e. The molecule has 8 nitrogen and oxygen atoms in total. The Morgan fingerprint density at radius 1 is 0.966 bits per heavy atom. The first-order chi connectivity index (χ1) is 13.7. The van der Waals surface area contributed by atoms with Crippen LogP contribution in [0.15, 0.2) is 57.7 Å². The van der Waals surface area contributed by atoms with Gasteiger partial charge in [-0.3, -0.25) is 10.1 Å². The van der Waals surface area contributed by atoms with Gasteiger partial charge < -0.3 is 15.2 Å². The van der Waals surface area contributed by atoms with E-state index in [1.807, 2.05) is 20.8 Å². The molecule has 0 fully saturated rings. The molecule has 29 heavy (non-hydrogen) atoms. The quantitative estimate of drug-likeness (QED) is 0.508. The number of nitrogens with one attached hydrogen (secondary N) is 3. The summed E-state index contributed by atoms with van der Waals surface area (Å²) in [6, 6.07) is 11.3. The number of halogens is 1. The van der Waals surface area contributed by atoms with Gasteiger partial charge in [0.15, 0.2) is 5.82 Å². The van der Waals surface area contributed by atoms with Crippen molar-refractivity contribution in [3.63, 3.8) is 0 Å². The van der Waals surface area contributed by atoms with E-state index in [9.17, 15) is 9.59 Å². The lowest BCUT2D eigenvalue weighted by molar-refractivity contribution is 0.102. The summed E-state index contributed by atoms with van der Waals surface area (Å²) < 4.78 is 6.03. The Balaban J connectivity index is 1.56. The van der Waals surface area contributed by atoms with Crippen LogP contribution < -0.4 is 16.0 Å². The van der Waals surface area contributed by atoms with Gasteiger partial charge in [-0.2, -0.15) is 0 Å². The van der Waals surface area contributed by atoms with Crippen LogP contribution in [0.1, 0.15) is 37.0 Å². The lowest BCUT2D eigenvalue weighted by Gasteiger charge is -2.12. The van der Waals surface area contributed by atoms with E-state index in [2.05, 4.69) is 42.0 Å². The summed E-state index contributed by atoms with van der Waals surface area (Å²) in [5.74, 6) is 0.683. The largest absolute Gasteiger partial charge is 0.359 e. The number of aromatic nitrogens is 2. The van der Waals surface area contributed by atoms with Crippen LogP contribution in [-0.2, 0) is 5.41 Å². The zero-order chi connectivity index (χ0) is 21.0. The Morgan fingerprint density at radius 2 is 1.62 bits per heavy atom. The van der Waals surface area contributed by atoms with E-state index >= 15 is 0 Å². The standard InChI is InChI=1S/C20H20BrN5O3/c1-20(2,3)16-10-17(26-29-16)25-19(28)24-14-7-5-13(6-8-14)23-18(27)15-9-4-12(21)11-22-15/h4-11H,1-3H3,(H,23,27)(H2,24,25,26,28). The minimum Gasteiger partial charge on any atom is -0.359 e. The van der Waals surface area contributed by atoms with Crippen LogP contribution in [0.5, 0.6) is 0 Å². The molecule has 2 aromatic heterocycles. The highest BCUT2D eigenvalue weighted by Crippen LogP contribution is 2.24. The Hall–Kier alpha value is -3.20.